The third-order valence-corrected chi connectivity index (χ3v) is 5.20. The highest BCUT2D eigenvalue weighted by atomic mass is 127. The summed E-state index contributed by atoms with van der Waals surface area (Å²) in [5, 5.41) is 0. The third kappa shape index (κ3) is 3.01. The topological polar surface area (TPSA) is 12.5 Å². The van der Waals surface area contributed by atoms with Crippen LogP contribution in [0.15, 0.2) is 66.7 Å². The molecule has 3 aromatic rings. The molecule has 1 heterocycles. The molecular weight excluding hydrogens is 421 g/mol. The Kier molecular flexibility index (Phi) is 3.99. The Morgan fingerprint density at radius 3 is 2.20 bits per heavy atom. The predicted octanol–water partition coefficient (Wildman–Crippen LogP) is 7.16. The van der Waals surface area contributed by atoms with Gasteiger partial charge in [-0.25, -0.2) is 0 Å². The second-order valence-corrected chi connectivity index (χ2v) is 8.56. The smallest absolute Gasteiger partial charge is 0.151 e. The number of rotatable bonds is 1. The maximum atomic E-state index is 6.25. The van der Waals surface area contributed by atoms with E-state index in [1.165, 1.54) is 9.13 Å². The second kappa shape index (κ2) is 6.06. The fraction of sp³-hybridized carbons (Fsp3) is 0.182. The first-order valence-electron chi connectivity index (χ1n) is 8.40. The molecule has 0 radical (unpaired) electrons. The van der Waals surface area contributed by atoms with Gasteiger partial charge in [-0.15, -0.1) is 0 Å². The molecule has 0 saturated heterocycles. The summed E-state index contributed by atoms with van der Waals surface area (Å²) in [5.41, 5.74) is 4.64. The van der Waals surface area contributed by atoms with E-state index in [4.69, 9.17) is 4.74 Å². The minimum absolute atomic E-state index is 0.0864. The molecule has 25 heavy (non-hydrogen) atoms. The average Bonchev–Trinajstić information content (AvgIpc) is 2.59. The SMILES string of the molecule is CC(C)(C)c1ccc2c(c1)Oc1ccccc1N2c1ccc(I)cc1. The minimum atomic E-state index is 0.0864. The molecular formula is C22H20INO. The van der Waals surface area contributed by atoms with Gasteiger partial charge in [0.1, 0.15) is 0 Å². The number of anilines is 3. The summed E-state index contributed by atoms with van der Waals surface area (Å²) in [4.78, 5) is 2.27. The molecule has 0 atom stereocenters. The highest BCUT2D eigenvalue weighted by molar-refractivity contribution is 14.1. The molecule has 0 unspecified atom stereocenters. The van der Waals surface area contributed by atoms with Crippen LogP contribution in [0.25, 0.3) is 0 Å². The molecule has 4 rings (SSSR count). The maximum absolute atomic E-state index is 6.25. The number of benzene rings is 3. The molecule has 1 aliphatic rings. The number of fused-ring (bicyclic) bond motifs is 2. The van der Waals surface area contributed by atoms with Crippen LogP contribution in [0, 0.1) is 3.57 Å². The van der Waals surface area contributed by atoms with Gasteiger partial charge < -0.3 is 9.64 Å². The molecule has 0 spiro atoms. The second-order valence-electron chi connectivity index (χ2n) is 7.31. The van der Waals surface area contributed by atoms with E-state index in [0.717, 1.165) is 28.6 Å². The molecule has 0 N–H and O–H groups in total. The summed E-state index contributed by atoms with van der Waals surface area (Å²) >= 11 is 2.34. The van der Waals surface area contributed by atoms with Crippen LogP contribution in [-0.2, 0) is 5.41 Å². The summed E-state index contributed by atoms with van der Waals surface area (Å²) in [5.74, 6) is 1.80. The lowest BCUT2D eigenvalue weighted by Gasteiger charge is -2.34. The van der Waals surface area contributed by atoms with Crippen molar-refractivity contribution in [1.82, 2.24) is 0 Å². The van der Waals surface area contributed by atoms with Gasteiger partial charge in [-0.2, -0.15) is 0 Å². The van der Waals surface area contributed by atoms with E-state index in [2.05, 4.69) is 103 Å². The van der Waals surface area contributed by atoms with E-state index in [9.17, 15) is 0 Å². The fourth-order valence-electron chi connectivity index (χ4n) is 3.09. The van der Waals surface area contributed by atoms with Gasteiger partial charge >= 0.3 is 0 Å². The molecule has 3 aromatic carbocycles. The summed E-state index contributed by atoms with van der Waals surface area (Å²) in [6.45, 7) is 6.67. The monoisotopic (exact) mass is 441 g/mol. The molecule has 0 amide bonds. The lowest BCUT2D eigenvalue weighted by atomic mass is 9.86. The summed E-state index contributed by atoms with van der Waals surface area (Å²) in [7, 11) is 0. The maximum Gasteiger partial charge on any atom is 0.151 e. The van der Waals surface area contributed by atoms with Gasteiger partial charge in [-0.05, 0) is 82.1 Å². The lowest BCUT2D eigenvalue weighted by molar-refractivity contribution is 0.473. The van der Waals surface area contributed by atoms with E-state index in [-0.39, 0.29) is 5.41 Å². The third-order valence-electron chi connectivity index (χ3n) is 4.48. The van der Waals surface area contributed by atoms with Crippen LogP contribution in [0.5, 0.6) is 11.5 Å². The van der Waals surface area contributed by atoms with Crippen molar-refractivity contribution in [2.75, 3.05) is 4.90 Å². The summed E-state index contributed by atoms with van der Waals surface area (Å²) in [6.07, 6.45) is 0. The molecule has 3 heteroatoms. The Morgan fingerprint density at radius 1 is 0.800 bits per heavy atom. The van der Waals surface area contributed by atoms with Crippen molar-refractivity contribution in [1.29, 1.82) is 0 Å². The van der Waals surface area contributed by atoms with E-state index in [1.54, 1.807) is 0 Å². The fourth-order valence-corrected chi connectivity index (χ4v) is 3.45. The standard InChI is InChI=1S/C22H20INO/c1-22(2,3)15-8-13-19-21(14-15)25-20-7-5-4-6-18(20)24(19)17-11-9-16(23)10-12-17/h4-14H,1-3H3. The first-order chi connectivity index (χ1) is 11.9. The number of para-hydroxylation sites is 2. The molecule has 0 fully saturated rings. The van der Waals surface area contributed by atoms with Crippen molar-refractivity contribution in [3.8, 4) is 11.5 Å². The van der Waals surface area contributed by atoms with Crippen molar-refractivity contribution in [3.63, 3.8) is 0 Å². The number of nitrogens with zero attached hydrogens (tertiary/aromatic N) is 1. The quantitative estimate of drug-likeness (QED) is 0.291. The summed E-state index contributed by atoms with van der Waals surface area (Å²) < 4.78 is 7.47. The zero-order chi connectivity index (χ0) is 17.6. The van der Waals surface area contributed by atoms with E-state index >= 15 is 0 Å². The van der Waals surface area contributed by atoms with Crippen molar-refractivity contribution in [3.05, 3.63) is 75.9 Å². The first-order valence-corrected chi connectivity index (χ1v) is 9.48. The van der Waals surface area contributed by atoms with Crippen molar-refractivity contribution >= 4 is 39.7 Å². The van der Waals surface area contributed by atoms with Gasteiger partial charge in [0.05, 0.1) is 11.4 Å². The Hall–Kier alpha value is -2.01. The Labute approximate surface area is 162 Å². The summed E-state index contributed by atoms with van der Waals surface area (Å²) in [6, 6.07) is 23.3. The van der Waals surface area contributed by atoms with Crippen molar-refractivity contribution in [2.24, 2.45) is 0 Å². The van der Waals surface area contributed by atoms with Gasteiger partial charge in [0, 0.05) is 9.26 Å². The highest BCUT2D eigenvalue weighted by Gasteiger charge is 2.27. The molecule has 126 valence electrons. The normalized spacial score (nSPS) is 13.0. The van der Waals surface area contributed by atoms with Gasteiger partial charge in [-0.1, -0.05) is 39.0 Å². The molecule has 0 saturated carbocycles. The van der Waals surface area contributed by atoms with Crippen LogP contribution in [-0.4, -0.2) is 0 Å². The van der Waals surface area contributed by atoms with Crippen LogP contribution >= 0.6 is 22.6 Å². The van der Waals surface area contributed by atoms with Gasteiger partial charge in [0.15, 0.2) is 11.5 Å². The van der Waals surface area contributed by atoms with Crippen molar-refractivity contribution in [2.45, 2.75) is 26.2 Å². The number of halogens is 1. The Balaban J connectivity index is 1.91. The first kappa shape index (κ1) is 16.5. The molecule has 1 aliphatic heterocycles. The zero-order valence-electron chi connectivity index (χ0n) is 14.6. The Bertz CT molecular complexity index is 926. The van der Waals surface area contributed by atoms with Crippen LogP contribution in [0.2, 0.25) is 0 Å². The van der Waals surface area contributed by atoms with Gasteiger partial charge in [0.25, 0.3) is 0 Å². The van der Waals surface area contributed by atoms with E-state index in [0.29, 0.717) is 0 Å². The van der Waals surface area contributed by atoms with E-state index in [1.807, 2.05) is 12.1 Å². The van der Waals surface area contributed by atoms with Gasteiger partial charge in [-0.3, -0.25) is 0 Å². The lowest BCUT2D eigenvalue weighted by Crippen LogP contribution is -2.17. The van der Waals surface area contributed by atoms with Crippen LogP contribution < -0.4 is 9.64 Å². The number of hydrogen-bond acceptors (Lipinski definition) is 2. The molecule has 0 bridgehead atoms. The highest BCUT2D eigenvalue weighted by Crippen LogP contribution is 2.51. The number of ether oxygens (including phenoxy) is 1. The molecule has 0 aromatic heterocycles. The van der Waals surface area contributed by atoms with Crippen LogP contribution in [0.4, 0.5) is 17.1 Å². The van der Waals surface area contributed by atoms with Crippen molar-refractivity contribution < 1.29 is 4.74 Å². The molecule has 2 nitrogen and oxygen atoms in total. The zero-order valence-corrected chi connectivity index (χ0v) is 16.7. The largest absolute Gasteiger partial charge is 0.453 e. The van der Waals surface area contributed by atoms with Crippen LogP contribution in [0.3, 0.4) is 0 Å². The minimum Gasteiger partial charge on any atom is -0.453 e. The van der Waals surface area contributed by atoms with E-state index < -0.39 is 0 Å². The Morgan fingerprint density at radius 2 is 1.48 bits per heavy atom. The average molecular weight is 441 g/mol. The van der Waals surface area contributed by atoms with Gasteiger partial charge in [0.2, 0.25) is 0 Å². The molecule has 0 aliphatic carbocycles. The number of hydrogen-bond donors (Lipinski definition) is 0. The van der Waals surface area contributed by atoms with Crippen LogP contribution in [0.1, 0.15) is 26.3 Å². The predicted molar refractivity (Wildman–Crippen MR) is 113 cm³/mol.